The molecule has 7 nitrogen and oxygen atoms in total. The third-order valence-corrected chi connectivity index (χ3v) is 7.86. The van der Waals surface area contributed by atoms with Crippen LogP contribution in [-0.4, -0.2) is 61.4 Å². The number of sulfone groups is 1. The number of alkyl halides is 2. The van der Waals surface area contributed by atoms with E-state index in [1.165, 1.54) is 31.0 Å². The summed E-state index contributed by atoms with van der Waals surface area (Å²) < 4.78 is 50.1. The predicted octanol–water partition coefficient (Wildman–Crippen LogP) is 2.56. The Morgan fingerprint density at radius 2 is 1.65 bits per heavy atom. The van der Waals surface area contributed by atoms with Crippen LogP contribution in [0, 0.1) is 11.8 Å². The zero-order chi connectivity index (χ0) is 21.8. The van der Waals surface area contributed by atoms with Gasteiger partial charge in [-0.2, -0.15) is 13.9 Å². The van der Waals surface area contributed by atoms with Crippen LogP contribution in [0.2, 0.25) is 0 Å². The van der Waals surface area contributed by atoms with Crippen molar-refractivity contribution in [2.24, 2.45) is 11.8 Å². The van der Waals surface area contributed by atoms with E-state index < -0.39 is 26.4 Å². The Kier molecular flexibility index (Phi) is 4.91. The van der Waals surface area contributed by atoms with E-state index in [0.717, 1.165) is 30.7 Å². The average molecular weight is 448 g/mol. The third kappa shape index (κ3) is 3.66. The first-order chi connectivity index (χ1) is 14.8. The van der Waals surface area contributed by atoms with Gasteiger partial charge >= 0.3 is 5.76 Å². The van der Waals surface area contributed by atoms with E-state index in [2.05, 4.69) is 15.1 Å². The average Bonchev–Trinajstić information content (AvgIpc) is 3.43. The summed E-state index contributed by atoms with van der Waals surface area (Å²) in [6.45, 7) is 2.36. The summed E-state index contributed by atoms with van der Waals surface area (Å²) >= 11 is 0. The minimum atomic E-state index is -4.86. The molecule has 3 aliphatic rings. The second kappa shape index (κ2) is 7.51. The highest BCUT2D eigenvalue weighted by Crippen LogP contribution is 2.39. The van der Waals surface area contributed by atoms with Crippen LogP contribution in [0.4, 0.5) is 14.6 Å². The Hall–Kier alpha value is -2.62. The molecule has 3 fully saturated rings. The van der Waals surface area contributed by atoms with Gasteiger partial charge in [0, 0.05) is 43.9 Å². The van der Waals surface area contributed by atoms with Crippen LogP contribution in [0.25, 0.3) is 0 Å². The molecule has 10 heteroatoms. The van der Waals surface area contributed by atoms with Crippen molar-refractivity contribution in [2.75, 3.05) is 31.1 Å². The van der Waals surface area contributed by atoms with Gasteiger partial charge in [0.2, 0.25) is 9.84 Å². The molecular weight excluding hydrogens is 426 g/mol. The lowest BCUT2D eigenvalue weighted by molar-refractivity contribution is 0.0778. The molecule has 0 bridgehead atoms. The number of halogens is 2. The highest BCUT2D eigenvalue weighted by Gasteiger charge is 2.43. The Balaban J connectivity index is 1.28. The monoisotopic (exact) mass is 448 g/mol. The molecule has 0 spiro atoms. The number of carbonyl (C=O) groups excluding carboxylic acids is 1. The first kappa shape index (κ1) is 20.3. The largest absolute Gasteiger partial charge is 0.354 e. The highest BCUT2D eigenvalue weighted by atomic mass is 32.2. The van der Waals surface area contributed by atoms with Crippen LogP contribution in [0.1, 0.15) is 34.8 Å². The van der Waals surface area contributed by atoms with Crippen molar-refractivity contribution in [3.8, 4) is 0 Å². The number of anilines is 1. The van der Waals surface area contributed by atoms with Crippen molar-refractivity contribution in [1.29, 1.82) is 0 Å². The lowest BCUT2D eigenvalue weighted by Crippen LogP contribution is -2.34. The Labute approximate surface area is 179 Å². The fourth-order valence-electron chi connectivity index (χ4n) is 4.60. The summed E-state index contributed by atoms with van der Waals surface area (Å²) in [4.78, 5) is 16.1. The number of aromatic nitrogens is 2. The van der Waals surface area contributed by atoms with Crippen LogP contribution >= 0.6 is 0 Å². The topological polar surface area (TPSA) is 83.5 Å². The van der Waals surface area contributed by atoms with Crippen molar-refractivity contribution in [3.05, 3.63) is 47.7 Å². The molecule has 1 saturated carbocycles. The maximum absolute atomic E-state index is 13.1. The van der Waals surface area contributed by atoms with Gasteiger partial charge in [0.1, 0.15) is 0 Å². The number of carbonyl (C=O) groups is 1. The van der Waals surface area contributed by atoms with Crippen molar-refractivity contribution >= 4 is 21.6 Å². The minimum Gasteiger partial charge on any atom is -0.354 e. The first-order valence-corrected chi connectivity index (χ1v) is 11.9. The number of likely N-dealkylation sites (tertiary alicyclic amines) is 1. The molecule has 1 amide bonds. The van der Waals surface area contributed by atoms with Gasteiger partial charge in [0.25, 0.3) is 5.91 Å². The zero-order valence-electron chi connectivity index (χ0n) is 16.7. The lowest BCUT2D eigenvalue weighted by Gasteiger charge is -2.23. The summed E-state index contributed by atoms with van der Waals surface area (Å²) in [5.74, 6) is -2.28. The van der Waals surface area contributed by atoms with Crippen molar-refractivity contribution in [2.45, 2.75) is 29.4 Å². The smallest absolute Gasteiger partial charge is 0.341 e. The maximum Gasteiger partial charge on any atom is 0.341 e. The third-order valence-electron chi connectivity index (χ3n) is 6.42. The molecule has 1 aliphatic carbocycles. The van der Waals surface area contributed by atoms with Crippen LogP contribution in [-0.2, 0) is 9.84 Å². The fraction of sp³-hybridized carbons (Fsp3) is 0.476. The molecule has 2 saturated heterocycles. The van der Waals surface area contributed by atoms with E-state index in [4.69, 9.17) is 0 Å². The Bertz CT molecular complexity index is 1090. The molecule has 164 valence electrons. The summed E-state index contributed by atoms with van der Waals surface area (Å²) in [5.41, 5.74) is 0.846. The van der Waals surface area contributed by atoms with E-state index in [-0.39, 0.29) is 17.4 Å². The number of fused-ring (bicyclic) bond motifs is 1. The number of hydrogen-bond donors (Lipinski definition) is 0. The van der Waals surface area contributed by atoms with Crippen LogP contribution in [0.3, 0.4) is 0 Å². The first-order valence-electron chi connectivity index (χ1n) is 10.3. The van der Waals surface area contributed by atoms with Gasteiger partial charge < -0.3 is 9.80 Å². The summed E-state index contributed by atoms with van der Waals surface area (Å²) in [6, 6.07) is 9.23. The van der Waals surface area contributed by atoms with Crippen molar-refractivity contribution < 1.29 is 22.0 Å². The van der Waals surface area contributed by atoms with Gasteiger partial charge in [0.15, 0.2) is 5.82 Å². The van der Waals surface area contributed by atoms with Crippen molar-refractivity contribution in [3.63, 3.8) is 0 Å². The molecule has 2 aromatic rings. The van der Waals surface area contributed by atoms with E-state index >= 15 is 0 Å². The molecule has 1 aromatic carbocycles. The molecular formula is C21H22F2N4O3S. The minimum absolute atomic E-state index is 0.193. The normalized spacial score (nSPS) is 23.5. The van der Waals surface area contributed by atoms with Crippen LogP contribution in [0.15, 0.2) is 41.3 Å². The molecule has 3 heterocycles. The molecule has 0 N–H and O–H groups in total. The molecule has 2 unspecified atom stereocenters. The van der Waals surface area contributed by atoms with Crippen LogP contribution < -0.4 is 4.90 Å². The van der Waals surface area contributed by atoms with Gasteiger partial charge in [-0.15, -0.1) is 5.10 Å². The number of amides is 1. The zero-order valence-corrected chi connectivity index (χ0v) is 17.5. The van der Waals surface area contributed by atoms with Gasteiger partial charge in [0.05, 0.1) is 16.2 Å². The lowest BCUT2D eigenvalue weighted by atomic mass is 10.0. The Morgan fingerprint density at radius 1 is 0.968 bits per heavy atom. The molecule has 0 radical (unpaired) electrons. The summed E-state index contributed by atoms with van der Waals surface area (Å²) in [7, 11) is -4.86. The number of rotatable bonds is 5. The fourth-order valence-corrected chi connectivity index (χ4v) is 5.53. The van der Waals surface area contributed by atoms with E-state index in [1.807, 2.05) is 12.1 Å². The maximum atomic E-state index is 13.1. The number of nitrogens with zero attached hydrogens (tertiary/aromatic N) is 4. The van der Waals surface area contributed by atoms with E-state index in [9.17, 15) is 22.0 Å². The van der Waals surface area contributed by atoms with Gasteiger partial charge in [-0.05, 0) is 37.1 Å². The quantitative estimate of drug-likeness (QED) is 0.699. The number of benzene rings is 1. The SMILES string of the molecule is O=C(c1ccccc1S(=O)(=O)C(F)F)N1CC2CN(c3ccc(C4CC4)nn3)CC2C1. The second-order valence-electron chi connectivity index (χ2n) is 8.53. The summed E-state index contributed by atoms with van der Waals surface area (Å²) in [5, 5.41) is 8.70. The molecule has 5 rings (SSSR count). The molecule has 1 aromatic heterocycles. The van der Waals surface area contributed by atoms with Crippen molar-refractivity contribution in [1.82, 2.24) is 15.1 Å². The predicted molar refractivity (Wildman–Crippen MR) is 109 cm³/mol. The Morgan fingerprint density at radius 3 is 2.23 bits per heavy atom. The summed E-state index contributed by atoms with van der Waals surface area (Å²) in [6.07, 6.45) is 2.35. The van der Waals surface area contributed by atoms with Gasteiger partial charge in [-0.25, -0.2) is 8.42 Å². The molecule has 2 aliphatic heterocycles. The van der Waals surface area contributed by atoms with Gasteiger partial charge in [-0.3, -0.25) is 4.79 Å². The van der Waals surface area contributed by atoms with E-state index in [1.54, 1.807) is 4.90 Å². The standard InChI is InChI=1S/C21H22F2N4O3S/c22-21(23)31(29,30)18-4-2-1-3-16(18)20(28)27-11-14-9-26(10-15(14)12-27)19-8-7-17(24-25-19)13-5-6-13/h1-4,7-8,13-15,21H,5-6,9-12H2. The second-order valence-corrected chi connectivity index (χ2v) is 10.4. The van der Waals surface area contributed by atoms with Gasteiger partial charge in [-0.1, -0.05) is 12.1 Å². The highest BCUT2D eigenvalue weighted by molar-refractivity contribution is 7.91. The van der Waals surface area contributed by atoms with E-state index in [0.29, 0.717) is 19.0 Å². The molecule has 31 heavy (non-hydrogen) atoms. The number of hydrogen-bond acceptors (Lipinski definition) is 6. The molecule has 2 atom stereocenters. The van der Waals surface area contributed by atoms with Crippen LogP contribution in [0.5, 0.6) is 0 Å².